The Morgan fingerprint density at radius 3 is 2.76 bits per heavy atom. The van der Waals surface area contributed by atoms with E-state index in [1.807, 2.05) is 37.1 Å². The number of hydrogen-bond donors (Lipinski definition) is 1. The highest BCUT2D eigenvalue weighted by Crippen LogP contribution is 2.36. The largest absolute Gasteiger partial charge is 0.354 e. The molecule has 1 fully saturated rings. The molecule has 1 N–H and O–H groups in total. The van der Waals surface area contributed by atoms with Gasteiger partial charge in [0.1, 0.15) is 6.33 Å². The molecular formula is C26H29F2N5O. The Labute approximate surface area is 197 Å². The summed E-state index contributed by atoms with van der Waals surface area (Å²) in [6.45, 7) is 5.47. The number of nitrogens with zero attached hydrogens (tertiary/aromatic N) is 4. The Balaban J connectivity index is 1.50. The lowest BCUT2D eigenvalue weighted by Crippen LogP contribution is -2.37. The molecule has 1 amide bonds. The first kappa shape index (κ1) is 22.5. The molecule has 0 bridgehead atoms. The molecule has 34 heavy (non-hydrogen) atoms. The lowest BCUT2D eigenvalue weighted by Gasteiger charge is -2.32. The highest BCUT2D eigenvalue weighted by Gasteiger charge is 2.25. The molecule has 3 aromatic heterocycles. The van der Waals surface area contributed by atoms with Gasteiger partial charge in [-0.15, -0.1) is 0 Å². The van der Waals surface area contributed by atoms with E-state index >= 15 is 0 Å². The minimum atomic E-state index is -2.45. The number of hydrogen-bond acceptors (Lipinski definition) is 3. The number of halogens is 2. The van der Waals surface area contributed by atoms with Crippen molar-refractivity contribution in [1.29, 1.82) is 0 Å². The molecule has 8 heteroatoms. The second kappa shape index (κ2) is 9.16. The van der Waals surface area contributed by atoms with E-state index in [1.165, 1.54) is 6.33 Å². The first-order chi connectivity index (χ1) is 16.4. The number of alkyl halides is 2. The van der Waals surface area contributed by atoms with Crippen molar-refractivity contribution in [2.45, 2.75) is 58.3 Å². The summed E-state index contributed by atoms with van der Waals surface area (Å²) in [5.41, 5.74) is 5.82. The van der Waals surface area contributed by atoms with Crippen molar-refractivity contribution in [1.82, 2.24) is 24.5 Å². The van der Waals surface area contributed by atoms with Gasteiger partial charge in [-0.2, -0.15) is 5.10 Å². The normalized spacial score (nSPS) is 15.1. The first-order valence-corrected chi connectivity index (χ1v) is 12.0. The fraction of sp³-hybridized carbons (Fsp3) is 0.423. The Kier molecular flexibility index (Phi) is 6.06. The van der Waals surface area contributed by atoms with Crippen LogP contribution in [0, 0.1) is 6.92 Å². The third-order valence-corrected chi connectivity index (χ3v) is 6.92. The Bertz CT molecular complexity index is 1330. The van der Waals surface area contributed by atoms with E-state index in [-0.39, 0.29) is 12.3 Å². The third kappa shape index (κ3) is 4.17. The zero-order valence-corrected chi connectivity index (χ0v) is 19.5. The lowest BCUT2D eigenvalue weighted by molar-refractivity contribution is -0.132. The molecule has 5 rings (SSSR count). The number of amides is 1. The standard InChI is InChI=1S/C26H29F2N5O/c1-3-4-24(34)32-9-7-17(8-10-32)18-5-6-22-20(12-18)21(13-23(27)28)25(31-22)19-11-16(2)26-29-15-30-33(26)14-19/h5-6,11-12,14-15,17,23,31H,3-4,7-10,13H2,1-2H3. The Morgan fingerprint density at radius 1 is 1.24 bits per heavy atom. The summed E-state index contributed by atoms with van der Waals surface area (Å²) < 4.78 is 29.0. The molecule has 0 unspecified atom stereocenters. The second-order valence-electron chi connectivity index (χ2n) is 9.22. The molecule has 0 aliphatic carbocycles. The number of fused-ring (bicyclic) bond motifs is 2. The number of aromatic amines is 1. The number of benzene rings is 1. The number of carbonyl (C=O) groups excluding carboxylic acids is 1. The minimum absolute atomic E-state index is 0.227. The Morgan fingerprint density at radius 2 is 2.03 bits per heavy atom. The quantitative estimate of drug-likeness (QED) is 0.409. The van der Waals surface area contributed by atoms with Gasteiger partial charge < -0.3 is 9.88 Å². The number of aryl methyl sites for hydroxylation is 1. The summed E-state index contributed by atoms with van der Waals surface area (Å²) in [5.74, 6) is 0.548. The summed E-state index contributed by atoms with van der Waals surface area (Å²) in [6, 6.07) is 8.13. The van der Waals surface area contributed by atoms with Crippen molar-refractivity contribution in [2.24, 2.45) is 0 Å². The molecule has 0 saturated carbocycles. The maximum absolute atomic E-state index is 13.7. The molecule has 0 atom stereocenters. The molecular weight excluding hydrogens is 436 g/mol. The minimum Gasteiger partial charge on any atom is -0.354 e. The van der Waals surface area contributed by atoms with Crippen molar-refractivity contribution < 1.29 is 13.6 Å². The SMILES string of the molecule is CCCC(=O)N1CCC(c2ccc3[nH]c(-c4cc(C)c5ncnn5c4)c(CC(F)F)c3c2)CC1. The Hall–Kier alpha value is -3.29. The van der Waals surface area contributed by atoms with Gasteiger partial charge >= 0.3 is 0 Å². The average Bonchev–Trinajstić information content (AvgIpc) is 3.44. The fourth-order valence-corrected chi connectivity index (χ4v) is 5.20. The van der Waals surface area contributed by atoms with Crippen molar-refractivity contribution in [3.8, 4) is 11.3 Å². The van der Waals surface area contributed by atoms with E-state index in [4.69, 9.17) is 0 Å². The zero-order chi connectivity index (χ0) is 23.8. The van der Waals surface area contributed by atoms with Gasteiger partial charge in [0, 0.05) is 48.6 Å². The summed E-state index contributed by atoms with van der Waals surface area (Å²) in [5, 5.41) is 5.07. The van der Waals surface area contributed by atoms with Crippen LogP contribution >= 0.6 is 0 Å². The second-order valence-corrected chi connectivity index (χ2v) is 9.22. The number of carbonyl (C=O) groups is 1. The number of H-pyrrole nitrogens is 1. The number of aromatic nitrogens is 4. The van der Waals surface area contributed by atoms with Gasteiger partial charge in [0.2, 0.25) is 12.3 Å². The molecule has 0 radical (unpaired) electrons. The van der Waals surface area contributed by atoms with Gasteiger partial charge in [0.15, 0.2) is 5.65 Å². The third-order valence-electron chi connectivity index (χ3n) is 6.92. The number of piperidine rings is 1. The van der Waals surface area contributed by atoms with E-state index < -0.39 is 6.43 Å². The van der Waals surface area contributed by atoms with Gasteiger partial charge in [-0.3, -0.25) is 4.79 Å². The van der Waals surface area contributed by atoms with Crippen LogP contribution in [0.5, 0.6) is 0 Å². The summed E-state index contributed by atoms with van der Waals surface area (Å²) in [6.07, 6.45) is 3.79. The van der Waals surface area contributed by atoms with E-state index in [9.17, 15) is 13.6 Å². The van der Waals surface area contributed by atoms with Crippen LogP contribution in [0.1, 0.15) is 55.2 Å². The topological polar surface area (TPSA) is 66.3 Å². The van der Waals surface area contributed by atoms with E-state index in [2.05, 4.69) is 27.2 Å². The summed E-state index contributed by atoms with van der Waals surface area (Å²) in [7, 11) is 0. The van der Waals surface area contributed by atoms with E-state index in [1.54, 1.807) is 4.52 Å². The smallest absolute Gasteiger partial charge is 0.242 e. The van der Waals surface area contributed by atoms with Gasteiger partial charge in [-0.05, 0) is 67.0 Å². The van der Waals surface area contributed by atoms with Crippen LogP contribution in [-0.2, 0) is 11.2 Å². The highest BCUT2D eigenvalue weighted by atomic mass is 19.3. The first-order valence-electron chi connectivity index (χ1n) is 12.0. The summed E-state index contributed by atoms with van der Waals surface area (Å²) in [4.78, 5) is 21.8. The molecule has 4 aromatic rings. The van der Waals surface area contributed by atoms with E-state index in [0.29, 0.717) is 23.6 Å². The van der Waals surface area contributed by atoms with Gasteiger partial charge in [0.25, 0.3) is 0 Å². The number of rotatable bonds is 6. The van der Waals surface area contributed by atoms with Crippen LogP contribution in [0.15, 0.2) is 36.8 Å². The molecule has 0 spiro atoms. The average molecular weight is 466 g/mol. The zero-order valence-electron chi connectivity index (χ0n) is 19.5. The van der Waals surface area contributed by atoms with Crippen molar-refractivity contribution in [3.05, 3.63) is 53.5 Å². The number of pyridine rings is 1. The molecule has 1 aliphatic heterocycles. The number of nitrogens with one attached hydrogen (secondary N) is 1. The molecule has 6 nitrogen and oxygen atoms in total. The molecule has 178 valence electrons. The lowest BCUT2D eigenvalue weighted by atomic mass is 9.88. The predicted octanol–water partition coefficient (Wildman–Crippen LogP) is 5.50. The van der Waals surface area contributed by atoms with Crippen LogP contribution < -0.4 is 0 Å². The van der Waals surface area contributed by atoms with Crippen LogP contribution in [0.2, 0.25) is 0 Å². The maximum Gasteiger partial charge on any atom is 0.242 e. The van der Waals surface area contributed by atoms with Crippen molar-refractivity contribution in [3.63, 3.8) is 0 Å². The van der Waals surface area contributed by atoms with Gasteiger partial charge in [-0.25, -0.2) is 18.3 Å². The summed E-state index contributed by atoms with van der Waals surface area (Å²) >= 11 is 0. The van der Waals surface area contributed by atoms with Crippen LogP contribution in [-0.4, -0.2) is 49.9 Å². The van der Waals surface area contributed by atoms with Crippen LogP contribution in [0.3, 0.4) is 0 Å². The molecule has 1 aliphatic rings. The molecule has 4 heterocycles. The van der Waals surface area contributed by atoms with Crippen LogP contribution in [0.25, 0.3) is 27.8 Å². The van der Waals surface area contributed by atoms with Crippen LogP contribution in [0.4, 0.5) is 8.78 Å². The van der Waals surface area contributed by atoms with Crippen molar-refractivity contribution >= 4 is 22.5 Å². The van der Waals surface area contributed by atoms with Crippen molar-refractivity contribution in [2.75, 3.05) is 13.1 Å². The number of likely N-dealkylation sites (tertiary alicyclic amines) is 1. The molecule has 1 saturated heterocycles. The van der Waals surface area contributed by atoms with Gasteiger partial charge in [0.05, 0.1) is 5.69 Å². The fourth-order valence-electron chi connectivity index (χ4n) is 5.20. The predicted molar refractivity (Wildman–Crippen MR) is 128 cm³/mol. The maximum atomic E-state index is 13.7. The highest BCUT2D eigenvalue weighted by molar-refractivity contribution is 5.91. The molecule has 1 aromatic carbocycles. The van der Waals surface area contributed by atoms with Gasteiger partial charge in [-0.1, -0.05) is 13.0 Å². The monoisotopic (exact) mass is 465 g/mol. The van der Waals surface area contributed by atoms with E-state index in [0.717, 1.165) is 65.6 Å².